The number of carbonyl (C=O) groups excluding carboxylic acids is 1. The number of hydrogen-bond donors (Lipinski definition) is 1. The maximum absolute atomic E-state index is 11.6. The molecule has 0 spiro atoms. The first-order valence-electron chi connectivity index (χ1n) is 4.91. The summed E-state index contributed by atoms with van der Waals surface area (Å²) in [4.78, 5) is 11.6. The Morgan fingerprint density at radius 3 is 3.00 bits per heavy atom. The molecule has 1 aromatic carbocycles. The monoisotopic (exact) mass is 217 g/mol. The molecule has 0 saturated heterocycles. The quantitative estimate of drug-likeness (QED) is 0.737. The van der Waals surface area contributed by atoms with Gasteiger partial charge >= 0.3 is 0 Å². The number of terminal acetylenes is 1. The molecule has 0 bridgehead atoms. The smallest absolute Gasteiger partial charge is 0.265 e. The van der Waals surface area contributed by atoms with Crippen LogP contribution in [0.5, 0.6) is 11.5 Å². The van der Waals surface area contributed by atoms with Gasteiger partial charge in [0.15, 0.2) is 11.5 Å². The first kappa shape index (κ1) is 10.4. The molecule has 0 fully saturated rings. The summed E-state index contributed by atoms with van der Waals surface area (Å²) in [6.45, 7) is 0.397. The van der Waals surface area contributed by atoms with E-state index in [9.17, 15) is 4.79 Å². The third-order valence-electron chi connectivity index (χ3n) is 2.17. The molecule has 0 aromatic heterocycles. The molecule has 16 heavy (non-hydrogen) atoms. The third-order valence-corrected chi connectivity index (χ3v) is 2.17. The predicted molar refractivity (Wildman–Crippen MR) is 58.2 cm³/mol. The van der Waals surface area contributed by atoms with Crippen molar-refractivity contribution in [3.05, 3.63) is 24.3 Å². The predicted octanol–water partition coefficient (Wildman–Crippen LogP) is 0.576. The van der Waals surface area contributed by atoms with Crippen LogP contribution < -0.4 is 14.8 Å². The number of ether oxygens (including phenoxy) is 2. The fraction of sp³-hybridized carbons (Fsp3) is 0.250. The Bertz CT molecular complexity index is 436. The second-order valence-electron chi connectivity index (χ2n) is 3.29. The van der Waals surface area contributed by atoms with Crippen LogP contribution in [0.25, 0.3) is 0 Å². The standard InChI is InChI=1S/C12H11NO3/c1-2-7-13-12(14)11-8-15-9-5-3-4-6-10(9)16-11/h1,3-6,11H,7-8H2,(H,13,14). The maximum Gasteiger partial charge on any atom is 0.265 e. The van der Waals surface area contributed by atoms with Gasteiger partial charge < -0.3 is 14.8 Å². The third kappa shape index (κ3) is 2.09. The number of hydrogen-bond acceptors (Lipinski definition) is 3. The summed E-state index contributed by atoms with van der Waals surface area (Å²) in [7, 11) is 0. The highest BCUT2D eigenvalue weighted by atomic mass is 16.6. The molecule has 1 aromatic rings. The molecule has 1 amide bonds. The average molecular weight is 217 g/mol. The molecule has 4 heteroatoms. The lowest BCUT2D eigenvalue weighted by molar-refractivity contribution is -0.130. The highest BCUT2D eigenvalue weighted by Gasteiger charge is 2.26. The molecule has 1 atom stereocenters. The van der Waals surface area contributed by atoms with Crippen molar-refractivity contribution in [2.45, 2.75) is 6.10 Å². The largest absolute Gasteiger partial charge is 0.485 e. The summed E-state index contributed by atoms with van der Waals surface area (Å²) < 4.78 is 10.9. The SMILES string of the molecule is C#CCNC(=O)C1COc2ccccc2O1. The molecule has 1 heterocycles. The minimum Gasteiger partial charge on any atom is -0.485 e. The second kappa shape index (κ2) is 4.58. The highest BCUT2D eigenvalue weighted by molar-refractivity contribution is 5.82. The van der Waals surface area contributed by atoms with E-state index in [1.807, 2.05) is 12.1 Å². The molecule has 1 aliphatic heterocycles. The Balaban J connectivity index is 2.03. The van der Waals surface area contributed by atoms with Gasteiger partial charge in [-0.15, -0.1) is 6.42 Å². The van der Waals surface area contributed by atoms with Crippen LogP contribution in [-0.2, 0) is 4.79 Å². The Labute approximate surface area is 93.6 Å². The molecule has 0 radical (unpaired) electrons. The van der Waals surface area contributed by atoms with Crippen molar-refractivity contribution >= 4 is 5.91 Å². The Kier molecular flexibility index (Phi) is 2.97. The van der Waals surface area contributed by atoms with Crippen LogP contribution in [-0.4, -0.2) is 25.2 Å². The molecule has 0 saturated carbocycles. The van der Waals surface area contributed by atoms with Crippen molar-refractivity contribution in [1.29, 1.82) is 0 Å². The lowest BCUT2D eigenvalue weighted by Gasteiger charge is -2.25. The summed E-state index contributed by atoms with van der Waals surface area (Å²) in [5.41, 5.74) is 0. The van der Waals surface area contributed by atoms with Gasteiger partial charge in [0.1, 0.15) is 6.61 Å². The van der Waals surface area contributed by atoms with Crippen LogP contribution in [0.4, 0.5) is 0 Å². The zero-order valence-electron chi connectivity index (χ0n) is 8.60. The number of carbonyl (C=O) groups is 1. The van der Waals surface area contributed by atoms with Crippen molar-refractivity contribution < 1.29 is 14.3 Å². The molecular formula is C12H11NO3. The van der Waals surface area contributed by atoms with Crippen LogP contribution in [0.1, 0.15) is 0 Å². The molecule has 1 unspecified atom stereocenters. The average Bonchev–Trinajstić information content (AvgIpc) is 2.35. The number of benzene rings is 1. The molecular weight excluding hydrogens is 206 g/mol. The van der Waals surface area contributed by atoms with E-state index in [4.69, 9.17) is 15.9 Å². The zero-order valence-corrected chi connectivity index (χ0v) is 8.60. The molecule has 82 valence electrons. The van der Waals surface area contributed by atoms with Crippen molar-refractivity contribution in [2.24, 2.45) is 0 Å². The first-order chi connectivity index (χ1) is 7.81. The molecule has 4 nitrogen and oxygen atoms in total. The summed E-state index contributed by atoms with van der Waals surface area (Å²) in [6, 6.07) is 7.23. The number of nitrogens with one attached hydrogen (secondary N) is 1. The Morgan fingerprint density at radius 2 is 2.25 bits per heavy atom. The van der Waals surface area contributed by atoms with Crippen molar-refractivity contribution in [3.63, 3.8) is 0 Å². The zero-order chi connectivity index (χ0) is 11.4. The summed E-state index contributed by atoms with van der Waals surface area (Å²) in [5, 5.41) is 2.55. The van der Waals surface area contributed by atoms with Gasteiger partial charge in [-0.3, -0.25) is 4.79 Å². The lowest BCUT2D eigenvalue weighted by atomic mass is 10.2. The van der Waals surface area contributed by atoms with E-state index in [1.54, 1.807) is 12.1 Å². The van der Waals surface area contributed by atoms with Crippen LogP contribution in [0.15, 0.2) is 24.3 Å². The normalized spacial score (nSPS) is 17.3. The summed E-state index contributed by atoms with van der Waals surface area (Å²) >= 11 is 0. The van der Waals surface area contributed by atoms with Gasteiger partial charge in [-0.25, -0.2) is 0 Å². The Hall–Kier alpha value is -2.15. The number of para-hydroxylation sites is 2. The van der Waals surface area contributed by atoms with Crippen molar-refractivity contribution in [2.75, 3.05) is 13.2 Å². The number of rotatable bonds is 2. The lowest BCUT2D eigenvalue weighted by Crippen LogP contribution is -2.44. The highest BCUT2D eigenvalue weighted by Crippen LogP contribution is 2.30. The maximum atomic E-state index is 11.6. The van der Waals surface area contributed by atoms with Crippen LogP contribution >= 0.6 is 0 Å². The molecule has 0 aliphatic carbocycles. The molecule has 1 N–H and O–H groups in total. The fourth-order valence-corrected chi connectivity index (χ4v) is 1.40. The van der Waals surface area contributed by atoms with E-state index in [2.05, 4.69) is 11.2 Å². The van der Waals surface area contributed by atoms with Crippen LogP contribution in [0.3, 0.4) is 0 Å². The van der Waals surface area contributed by atoms with E-state index in [1.165, 1.54) is 0 Å². The fourth-order valence-electron chi connectivity index (χ4n) is 1.40. The summed E-state index contributed by atoms with van der Waals surface area (Å²) in [6.07, 6.45) is 4.41. The van der Waals surface area contributed by atoms with E-state index in [0.717, 1.165) is 0 Å². The minimum atomic E-state index is -0.636. The van der Waals surface area contributed by atoms with Gasteiger partial charge in [0, 0.05) is 0 Å². The van der Waals surface area contributed by atoms with Gasteiger partial charge in [-0.1, -0.05) is 18.1 Å². The van der Waals surface area contributed by atoms with Crippen molar-refractivity contribution in [3.8, 4) is 23.8 Å². The number of amides is 1. The van der Waals surface area contributed by atoms with E-state index in [-0.39, 0.29) is 19.1 Å². The molecule has 1 aliphatic rings. The van der Waals surface area contributed by atoms with E-state index >= 15 is 0 Å². The van der Waals surface area contributed by atoms with Crippen LogP contribution in [0, 0.1) is 12.3 Å². The first-order valence-corrected chi connectivity index (χ1v) is 4.91. The van der Waals surface area contributed by atoms with E-state index < -0.39 is 6.10 Å². The van der Waals surface area contributed by atoms with Gasteiger partial charge in [0.05, 0.1) is 6.54 Å². The molecule has 2 rings (SSSR count). The van der Waals surface area contributed by atoms with Gasteiger partial charge in [0.25, 0.3) is 5.91 Å². The minimum absolute atomic E-state index is 0.195. The van der Waals surface area contributed by atoms with Crippen molar-refractivity contribution in [1.82, 2.24) is 5.32 Å². The summed E-state index contributed by atoms with van der Waals surface area (Å²) in [5.74, 6) is 3.31. The Morgan fingerprint density at radius 1 is 1.50 bits per heavy atom. The van der Waals surface area contributed by atoms with Gasteiger partial charge in [-0.05, 0) is 12.1 Å². The topological polar surface area (TPSA) is 47.6 Å². The van der Waals surface area contributed by atoms with E-state index in [0.29, 0.717) is 11.5 Å². The second-order valence-corrected chi connectivity index (χ2v) is 3.29. The number of fused-ring (bicyclic) bond motifs is 1. The van der Waals surface area contributed by atoms with Gasteiger partial charge in [0.2, 0.25) is 6.10 Å². The van der Waals surface area contributed by atoms with Gasteiger partial charge in [-0.2, -0.15) is 0 Å². The van der Waals surface area contributed by atoms with Crippen LogP contribution in [0.2, 0.25) is 0 Å².